The van der Waals surface area contributed by atoms with E-state index in [1.807, 2.05) is 24.8 Å². The van der Waals surface area contributed by atoms with Crippen LogP contribution in [0.2, 0.25) is 0 Å². The summed E-state index contributed by atoms with van der Waals surface area (Å²) in [6.07, 6.45) is 8.08. The zero-order valence-electron chi connectivity index (χ0n) is 24.1. The number of hydrogen-bond acceptors (Lipinski definition) is 0. The van der Waals surface area contributed by atoms with E-state index < -0.39 is 0 Å². The maximum Gasteiger partial charge on any atom is 0.167 e. The first kappa shape index (κ1) is 25.9. The Morgan fingerprint density at radius 2 is 0.816 bits per heavy atom. The monoisotopic (exact) mass is 500 g/mol. The van der Waals surface area contributed by atoms with Crippen LogP contribution >= 0.6 is 0 Å². The second kappa shape index (κ2) is 9.51. The quantitative estimate of drug-likeness (QED) is 0.232. The maximum atomic E-state index is 3.21. The van der Waals surface area contributed by atoms with E-state index in [2.05, 4.69) is 126 Å². The molecule has 0 fully saturated rings. The SMILES string of the molecule is Cc1c2cc(C(C)(C)C)cc1c(-c1cc[nH+]cc1)cc1cc(C(C)(C)C)cc(c(-c3cc[nH+]cc3)c2)c1C. The highest BCUT2D eigenvalue weighted by Crippen LogP contribution is 2.39. The summed E-state index contributed by atoms with van der Waals surface area (Å²) >= 11 is 0. The van der Waals surface area contributed by atoms with Crippen molar-refractivity contribution in [1.29, 1.82) is 0 Å². The zero-order valence-corrected chi connectivity index (χ0v) is 24.1. The Labute approximate surface area is 227 Å². The first-order chi connectivity index (χ1) is 17.9. The molecule has 38 heavy (non-hydrogen) atoms. The third-order valence-electron chi connectivity index (χ3n) is 7.87. The molecule has 2 heteroatoms. The lowest BCUT2D eigenvalue weighted by atomic mass is 9.81. The van der Waals surface area contributed by atoms with Crippen LogP contribution in [0.1, 0.15) is 63.8 Å². The van der Waals surface area contributed by atoms with Crippen LogP contribution in [0.15, 0.2) is 85.5 Å². The minimum Gasteiger partial charge on any atom is -0.218 e. The average molecular weight is 501 g/mol. The number of nitrogens with one attached hydrogen (secondary N) is 2. The highest BCUT2D eigenvalue weighted by Gasteiger charge is 2.20. The third kappa shape index (κ3) is 4.88. The molecule has 0 aliphatic rings. The first-order valence-corrected chi connectivity index (χ1v) is 13.6. The summed E-state index contributed by atoms with van der Waals surface area (Å²) in [7, 11) is 0. The van der Waals surface area contributed by atoms with E-state index in [4.69, 9.17) is 0 Å². The topological polar surface area (TPSA) is 28.3 Å². The average Bonchev–Trinajstić information content (AvgIpc) is 2.87. The molecule has 2 aromatic heterocycles. The lowest BCUT2D eigenvalue weighted by molar-refractivity contribution is -0.378. The summed E-state index contributed by atoms with van der Waals surface area (Å²) < 4.78 is 0. The zero-order chi connectivity index (χ0) is 27.2. The highest BCUT2D eigenvalue weighted by molar-refractivity contribution is 5.98. The van der Waals surface area contributed by atoms with Gasteiger partial charge in [-0.1, -0.05) is 65.8 Å². The number of aryl methyl sites for hydroxylation is 2. The van der Waals surface area contributed by atoms with Crippen molar-refractivity contribution >= 4 is 21.5 Å². The normalized spacial score (nSPS) is 12.2. The van der Waals surface area contributed by atoms with Gasteiger partial charge in [0.15, 0.2) is 24.8 Å². The van der Waals surface area contributed by atoms with Crippen molar-refractivity contribution < 1.29 is 9.97 Å². The molecule has 0 aliphatic heterocycles. The van der Waals surface area contributed by atoms with Crippen LogP contribution in [-0.2, 0) is 10.8 Å². The Kier molecular flexibility index (Phi) is 6.47. The number of fused-ring (bicyclic) bond motifs is 4. The molecule has 0 spiro atoms. The first-order valence-electron chi connectivity index (χ1n) is 13.6. The van der Waals surface area contributed by atoms with Crippen molar-refractivity contribution in [3.8, 4) is 22.3 Å². The number of pyridine rings is 2. The standard InChI is InChI=1S/C36H38N2/c1-23-27-17-29(35(3,4)5)21-31(23)33(25-9-13-37-14-10-25)20-28-18-30(36(6,7)8)22-32(24(28)2)34(19-27)26-11-15-38-16-12-26/h9-22H,1-8H3/p+2. The summed E-state index contributed by atoms with van der Waals surface area (Å²) in [6.45, 7) is 18.4. The Balaban J connectivity index is 2.11. The van der Waals surface area contributed by atoms with Gasteiger partial charge in [0.05, 0.1) is 0 Å². The molecule has 2 N–H and O–H groups in total. The molecule has 0 saturated carbocycles. The molecule has 4 bridgehead atoms. The van der Waals surface area contributed by atoms with Gasteiger partial charge in [-0.2, -0.15) is 0 Å². The number of benzene rings is 2. The summed E-state index contributed by atoms with van der Waals surface area (Å²) in [6, 6.07) is 23.2. The molecule has 192 valence electrons. The molecule has 3 aromatic carbocycles. The molecule has 0 atom stereocenters. The predicted molar refractivity (Wildman–Crippen MR) is 161 cm³/mol. The maximum absolute atomic E-state index is 3.21. The fourth-order valence-electron chi connectivity index (χ4n) is 5.28. The largest absolute Gasteiger partial charge is 0.218 e. The number of aromatic nitrogens is 2. The minimum atomic E-state index is 0.0240. The van der Waals surface area contributed by atoms with Crippen LogP contribution in [0, 0.1) is 13.8 Å². The molecule has 0 amide bonds. The van der Waals surface area contributed by atoms with Gasteiger partial charge in [0.25, 0.3) is 0 Å². The second-order valence-electron chi connectivity index (χ2n) is 12.7. The minimum absolute atomic E-state index is 0.0240. The van der Waals surface area contributed by atoms with Crippen LogP contribution < -0.4 is 9.97 Å². The van der Waals surface area contributed by atoms with Crippen molar-refractivity contribution in [1.82, 2.24) is 0 Å². The molecular formula is C36H40N2+2. The lowest BCUT2D eigenvalue weighted by Gasteiger charge is -2.23. The van der Waals surface area contributed by atoms with Crippen LogP contribution in [-0.4, -0.2) is 0 Å². The Morgan fingerprint density at radius 3 is 1.13 bits per heavy atom. The van der Waals surface area contributed by atoms with Crippen molar-refractivity contribution in [3.05, 3.63) is 108 Å². The fourth-order valence-corrected chi connectivity index (χ4v) is 5.28. The molecule has 0 radical (unpaired) electrons. The van der Waals surface area contributed by atoms with Crippen LogP contribution in [0.25, 0.3) is 43.8 Å². The Hall–Kier alpha value is -3.78. The smallest absolute Gasteiger partial charge is 0.167 e. The summed E-state index contributed by atoms with van der Waals surface area (Å²) in [5.74, 6) is 0. The van der Waals surface area contributed by atoms with E-state index in [1.54, 1.807) is 0 Å². The summed E-state index contributed by atoms with van der Waals surface area (Å²) in [5, 5.41) is 5.12. The van der Waals surface area contributed by atoms with Crippen molar-refractivity contribution in [2.24, 2.45) is 0 Å². The summed E-state index contributed by atoms with van der Waals surface area (Å²) in [4.78, 5) is 6.42. The van der Waals surface area contributed by atoms with Crippen molar-refractivity contribution in [2.45, 2.75) is 66.2 Å². The van der Waals surface area contributed by atoms with Crippen LogP contribution in [0.4, 0.5) is 0 Å². The third-order valence-corrected chi connectivity index (χ3v) is 7.87. The van der Waals surface area contributed by atoms with Gasteiger partial charge < -0.3 is 0 Å². The number of H-pyrrole nitrogens is 2. The Bertz CT molecular complexity index is 1540. The van der Waals surface area contributed by atoms with Crippen LogP contribution in [0.5, 0.6) is 0 Å². The Morgan fingerprint density at radius 1 is 0.474 bits per heavy atom. The molecule has 0 saturated heterocycles. The van der Waals surface area contributed by atoms with E-state index in [9.17, 15) is 0 Å². The second-order valence-corrected chi connectivity index (χ2v) is 12.7. The number of aromatic amines is 2. The van der Waals surface area contributed by atoms with Gasteiger partial charge in [0, 0.05) is 24.3 Å². The number of hydrogen-bond donors (Lipinski definition) is 0. The van der Waals surface area contributed by atoms with Gasteiger partial charge in [-0.05, 0) is 103 Å². The molecule has 2 nitrogen and oxygen atoms in total. The molecular weight excluding hydrogens is 460 g/mol. The van der Waals surface area contributed by atoms with Crippen molar-refractivity contribution in [3.63, 3.8) is 0 Å². The van der Waals surface area contributed by atoms with Crippen molar-refractivity contribution in [2.75, 3.05) is 0 Å². The highest BCUT2D eigenvalue weighted by atomic mass is 14.6. The molecule has 2 heterocycles. The van der Waals surface area contributed by atoms with Gasteiger partial charge in [-0.25, -0.2) is 9.97 Å². The van der Waals surface area contributed by atoms with E-state index in [-0.39, 0.29) is 10.8 Å². The molecule has 0 unspecified atom stereocenters. The molecule has 0 aliphatic carbocycles. The van der Waals surface area contributed by atoms with E-state index >= 15 is 0 Å². The van der Waals surface area contributed by atoms with Crippen LogP contribution in [0.3, 0.4) is 0 Å². The molecule has 5 rings (SSSR count). The van der Waals surface area contributed by atoms with Gasteiger partial charge in [0.2, 0.25) is 0 Å². The fraction of sp³-hybridized carbons (Fsp3) is 0.278. The predicted octanol–water partition coefficient (Wildman–Crippen LogP) is 8.73. The summed E-state index contributed by atoms with van der Waals surface area (Å²) in [5.41, 5.74) is 10.3. The number of rotatable bonds is 2. The van der Waals surface area contributed by atoms with Gasteiger partial charge in [0.1, 0.15) is 0 Å². The van der Waals surface area contributed by atoms with E-state index in [0.717, 1.165) is 0 Å². The van der Waals surface area contributed by atoms with Gasteiger partial charge in [-0.15, -0.1) is 0 Å². The van der Waals surface area contributed by atoms with Gasteiger partial charge in [-0.3, -0.25) is 0 Å². The van der Waals surface area contributed by atoms with E-state index in [1.165, 1.54) is 66.1 Å². The lowest BCUT2D eigenvalue weighted by Crippen LogP contribution is -2.11. The van der Waals surface area contributed by atoms with Gasteiger partial charge >= 0.3 is 0 Å². The van der Waals surface area contributed by atoms with E-state index in [0.29, 0.717) is 0 Å². The molecule has 5 aromatic rings.